The second kappa shape index (κ2) is 6.45. The van der Waals surface area contributed by atoms with Crippen LogP contribution in [0.2, 0.25) is 5.02 Å². The second-order valence-electron chi connectivity index (χ2n) is 4.50. The maximum Gasteiger partial charge on any atom is 0.417 e. The van der Waals surface area contributed by atoms with Crippen LogP contribution >= 0.6 is 11.6 Å². The molecule has 0 saturated carbocycles. The fraction of sp³-hybridized carbons (Fsp3) is 0.133. The van der Waals surface area contributed by atoms with Crippen LogP contribution in [0.4, 0.5) is 23.2 Å². The van der Waals surface area contributed by atoms with E-state index < -0.39 is 28.5 Å². The minimum atomic E-state index is -4.65. The largest absolute Gasteiger partial charge is 0.494 e. The molecular weight excluding hydrogens is 338 g/mol. The van der Waals surface area contributed by atoms with Gasteiger partial charge in [0.15, 0.2) is 11.6 Å². The van der Waals surface area contributed by atoms with Crippen molar-refractivity contribution in [1.29, 1.82) is 0 Å². The summed E-state index contributed by atoms with van der Waals surface area (Å²) in [7, 11) is 1.27. The molecule has 8 heteroatoms. The van der Waals surface area contributed by atoms with Gasteiger partial charge in [-0.15, -0.1) is 0 Å². The van der Waals surface area contributed by atoms with Crippen molar-refractivity contribution in [2.24, 2.45) is 0 Å². The Kier molecular flexibility index (Phi) is 4.79. The zero-order chi connectivity index (χ0) is 17.2. The zero-order valence-electron chi connectivity index (χ0n) is 11.7. The number of rotatable bonds is 3. The van der Waals surface area contributed by atoms with Gasteiger partial charge in [-0.3, -0.25) is 4.79 Å². The van der Waals surface area contributed by atoms with E-state index >= 15 is 0 Å². The van der Waals surface area contributed by atoms with E-state index in [1.165, 1.54) is 25.3 Å². The normalized spacial score (nSPS) is 11.2. The van der Waals surface area contributed by atoms with Crippen LogP contribution in [0.3, 0.4) is 0 Å². The molecule has 122 valence electrons. The third kappa shape index (κ3) is 3.92. The molecule has 0 atom stereocenters. The first-order valence-electron chi connectivity index (χ1n) is 6.24. The lowest BCUT2D eigenvalue weighted by atomic mass is 10.1. The minimum absolute atomic E-state index is 0.0487. The van der Waals surface area contributed by atoms with Crippen LogP contribution in [-0.2, 0) is 6.18 Å². The summed E-state index contributed by atoms with van der Waals surface area (Å²) in [6.45, 7) is 0. The van der Waals surface area contributed by atoms with Crippen LogP contribution in [0.5, 0.6) is 5.75 Å². The number of nitrogens with one attached hydrogen (secondary N) is 1. The topological polar surface area (TPSA) is 38.3 Å². The SMILES string of the molecule is COc1ccc(C(=O)Nc2ccc(Cl)c(C(F)(F)F)c2)cc1F. The molecule has 2 aromatic rings. The van der Waals surface area contributed by atoms with Crippen molar-refractivity contribution in [3.05, 3.63) is 58.4 Å². The van der Waals surface area contributed by atoms with Gasteiger partial charge in [0, 0.05) is 11.3 Å². The third-order valence-electron chi connectivity index (χ3n) is 2.94. The van der Waals surface area contributed by atoms with Crippen molar-refractivity contribution in [2.75, 3.05) is 12.4 Å². The Labute approximate surface area is 133 Å². The number of hydrogen-bond acceptors (Lipinski definition) is 2. The van der Waals surface area contributed by atoms with E-state index in [0.717, 1.165) is 12.1 Å². The summed E-state index contributed by atoms with van der Waals surface area (Å²) in [4.78, 5) is 12.0. The van der Waals surface area contributed by atoms with Gasteiger partial charge in [0.25, 0.3) is 5.91 Å². The number of ether oxygens (including phenoxy) is 1. The van der Waals surface area contributed by atoms with E-state index in [1.54, 1.807) is 0 Å². The van der Waals surface area contributed by atoms with Gasteiger partial charge in [-0.2, -0.15) is 13.2 Å². The molecule has 0 spiro atoms. The van der Waals surface area contributed by atoms with Crippen molar-refractivity contribution in [2.45, 2.75) is 6.18 Å². The molecule has 0 saturated heterocycles. The van der Waals surface area contributed by atoms with Crippen LogP contribution < -0.4 is 10.1 Å². The molecule has 0 aliphatic rings. The first-order chi connectivity index (χ1) is 10.7. The third-order valence-corrected chi connectivity index (χ3v) is 3.27. The van der Waals surface area contributed by atoms with Gasteiger partial charge in [-0.25, -0.2) is 4.39 Å². The van der Waals surface area contributed by atoms with Crippen LogP contribution in [0, 0.1) is 5.82 Å². The van der Waals surface area contributed by atoms with Crippen molar-refractivity contribution >= 4 is 23.2 Å². The Bertz CT molecular complexity index is 747. The van der Waals surface area contributed by atoms with Gasteiger partial charge in [-0.1, -0.05) is 11.6 Å². The molecule has 3 nitrogen and oxygen atoms in total. The number of alkyl halides is 3. The van der Waals surface area contributed by atoms with E-state index in [0.29, 0.717) is 6.07 Å². The van der Waals surface area contributed by atoms with Gasteiger partial charge in [-0.05, 0) is 36.4 Å². The average molecular weight is 348 g/mol. The molecule has 0 heterocycles. The van der Waals surface area contributed by atoms with Crippen molar-refractivity contribution in [3.63, 3.8) is 0 Å². The molecule has 2 aromatic carbocycles. The van der Waals surface area contributed by atoms with Crippen LogP contribution in [-0.4, -0.2) is 13.0 Å². The maximum absolute atomic E-state index is 13.6. The Morgan fingerprint density at radius 3 is 2.43 bits per heavy atom. The Morgan fingerprint density at radius 2 is 1.87 bits per heavy atom. The van der Waals surface area contributed by atoms with Crippen molar-refractivity contribution in [1.82, 2.24) is 0 Å². The van der Waals surface area contributed by atoms with E-state index in [1.807, 2.05) is 0 Å². The molecule has 2 rings (SSSR count). The van der Waals surface area contributed by atoms with E-state index in [-0.39, 0.29) is 17.0 Å². The first-order valence-corrected chi connectivity index (χ1v) is 6.62. The highest BCUT2D eigenvalue weighted by Gasteiger charge is 2.33. The Morgan fingerprint density at radius 1 is 1.17 bits per heavy atom. The van der Waals surface area contributed by atoms with E-state index in [4.69, 9.17) is 16.3 Å². The van der Waals surface area contributed by atoms with Gasteiger partial charge < -0.3 is 10.1 Å². The van der Waals surface area contributed by atoms with E-state index in [2.05, 4.69) is 5.32 Å². The molecule has 0 aromatic heterocycles. The highest BCUT2D eigenvalue weighted by atomic mass is 35.5. The van der Waals surface area contributed by atoms with E-state index in [9.17, 15) is 22.4 Å². The number of methoxy groups -OCH3 is 1. The first kappa shape index (κ1) is 17.1. The van der Waals surface area contributed by atoms with Crippen LogP contribution in [0.15, 0.2) is 36.4 Å². The van der Waals surface area contributed by atoms with Crippen molar-refractivity contribution < 1.29 is 27.1 Å². The quantitative estimate of drug-likeness (QED) is 0.813. The summed E-state index contributed by atoms with van der Waals surface area (Å²) < 4.78 is 56.6. The van der Waals surface area contributed by atoms with Crippen LogP contribution in [0.25, 0.3) is 0 Å². The molecule has 23 heavy (non-hydrogen) atoms. The number of benzene rings is 2. The molecule has 0 aliphatic carbocycles. The average Bonchev–Trinajstić information content (AvgIpc) is 2.48. The smallest absolute Gasteiger partial charge is 0.417 e. The lowest BCUT2D eigenvalue weighted by Crippen LogP contribution is -2.13. The van der Waals surface area contributed by atoms with Crippen molar-refractivity contribution in [3.8, 4) is 5.75 Å². The standard InChI is InChI=1S/C15H10ClF4NO2/c1-23-13-5-2-8(6-12(13)17)14(22)21-9-3-4-11(16)10(7-9)15(18,19)20/h2-7H,1H3,(H,21,22). The molecule has 0 unspecified atom stereocenters. The molecule has 0 fully saturated rings. The number of halogens is 5. The predicted molar refractivity (Wildman–Crippen MR) is 77.4 cm³/mol. The fourth-order valence-corrected chi connectivity index (χ4v) is 2.06. The number of amides is 1. The van der Waals surface area contributed by atoms with Gasteiger partial charge >= 0.3 is 6.18 Å². The zero-order valence-corrected chi connectivity index (χ0v) is 12.4. The molecular formula is C15H10ClF4NO2. The summed E-state index contributed by atoms with van der Waals surface area (Å²) in [5.41, 5.74) is -1.24. The van der Waals surface area contributed by atoms with Gasteiger partial charge in [0.1, 0.15) is 0 Å². The summed E-state index contributed by atoms with van der Waals surface area (Å²) in [5, 5.41) is 1.78. The number of hydrogen-bond donors (Lipinski definition) is 1. The number of carbonyl (C=O) groups is 1. The molecule has 1 amide bonds. The minimum Gasteiger partial charge on any atom is -0.494 e. The molecule has 1 N–H and O–H groups in total. The monoisotopic (exact) mass is 347 g/mol. The van der Waals surface area contributed by atoms with Gasteiger partial charge in [0.05, 0.1) is 17.7 Å². The predicted octanol–water partition coefficient (Wildman–Crippen LogP) is 4.76. The highest BCUT2D eigenvalue weighted by molar-refractivity contribution is 6.31. The molecule has 0 radical (unpaired) electrons. The summed E-state index contributed by atoms with van der Waals surface area (Å²) >= 11 is 5.49. The summed E-state index contributed by atoms with van der Waals surface area (Å²) in [6.07, 6.45) is -4.65. The fourth-order valence-electron chi connectivity index (χ4n) is 1.83. The Balaban J connectivity index is 2.25. The Hall–Kier alpha value is -2.28. The lowest BCUT2D eigenvalue weighted by Gasteiger charge is -2.12. The lowest BCUT2D eigenvalue weighted by molar-refractivity contribution is -0.137. The second-order valence-corrected chi connectivity index (χ2v) is 4.90. The van der Waals surface area contributed by atoms with Gasteiger partial charge in [0.2, 0.25) is 0 Å². The number of anilines is 1. The maximum atomic E-state index is 13.6. The summed E-state index contributed by atoms with van der Waals surface area (Å²) in [6, 6.07) is 6.41. The summed E-state index contributed by atoms with van der Waals surface area (Å²) in [5.74, 6) is -1.57. The van der Waals surface area contributed by atoms with Crippen LogP contribution in [0.1, 0.15) is 15.9 Å². The molecule has 0 aliphatic heterocycles. The number of carbonyl (C=O) groups excluding carboxylic acids is 1. The molecule has 0 bridgehead atoms. The highest BCUT2D eigenvalue weighted by Crippen LogP contribution is 2.36.